The Balaban J connectivity index is 1.81. The fraction of sp³-hybridized carbons (Fsp3) is 0.316. The van der Waals surface area contributed by atoms with Gasteiger partial charge in [-0.15, -0.1) is 0 Å². The van der Waals surface area contributed by atoms with Gasteiger partial charge in [0.05, 0.1) is 32.5 Å². The van der Waals surface area contributed by atoms with E-state index in [0.717, 1.165) is 40.8 Å². The van der Waals surface area contributed by atoms with Gasteiger partial charge in [0.25, 0.3) is 0 Å². The van der Waals surface area contributed by atoms with E-state index in [9.17, 15) is 5.11 Å². The summed E-state index contributed by atoms with van der Waals surface area (Å²) in [6.07, 6.45) is 0.877. The molecule has 0 saturated carbocycles. The molecule has 0 aliphatic rings. The van der Waals surface area contributed by atoms with Gasteiger partial charge in [-0.25, -0.2) is 4.68 Å². The summed E-state index contributed by atoms with van der Waals surface area (Å²) in [7, 11) is 1.64. The van der Waals surface area contributed by atoms with E-state index in [-0.39, 0.29) is 6.61 Å². The van der Waals surface area contributed by atoms with Gasteiger partial charge in [0.15, 0.2) is 0 Å². The highest BCUT2D eigenvalue weighted by molar-refractivity contribution is 5.64. The number of hydrogen-bond donors (Lipinski definition) is 2. The lowest BCUT2D eigenvalue weighted by Crippen LogP contribution is -2.10. The van der Waals surface area contributed by atoms with Crippen molar-refractivity contribution in [2.24, 2.45) is 0 Å². The molecule has 6 nitrogen and oxygen atoms in total. The summed E-state index contributed by atoms with van der Waals surface area (Å²) in [6, 6.07) is 13.7. The van der Waals surface area contributed by atoms with Crippen LogP contribution in [0.5, 0.6) is 5.75 Å². The average Bonchev–Trinajstić information content (AvgIpc) is 3.27. The summed E-state index contributed by atoms with van der Waals surface area (Å²) >= 11 is 0. The van der Waals surface area contributed by atoms with Crippen molar-refractivity contribution in [1.82, 2.24) is 9.78 Å². The molecule has 0 unspecified atom stereocenters. The van der Waals surface area contributed by atoms with Gasteiger partial charge in [-0.1, -0.05) is 19.1 Å². The summed E-state index contributed by atoms with van der Waals surface area (Å²) in [6.45, 7) is 3.07. The Morgan fingerprint density at radius 1 is 1.20 bits per heavy atom. The smallest absolute Gasteiger partial charge is 0.125 e. The lowest BCUT2D eigenvalue weighted by Gasteiger charge is -2.07. The van der Waals surface area contributed by atoms with Crippen LogP contribution >= 0.6 is 0 Å². The number of aliphatic hydroxyl groups excluding tert-OH is 1. The van der Waals surface area contributed by atoms with E-state index in [1.807, 2.05) is 42.5 Å². The third kappa shape index (κ3) is 4.03. The van der Waals surface area contributed by atoms with E-state index in [1.165, 1.54) is 0 Å². The molecule has 0 fully saturated rings. The largest absolute Gasteiger partial charge is 0.497 e. The molecule has 0 aliphatic carbocycles. The maximum atomic E-state index is 9.30. The molecule has 3 rings (SSSR count). The minimum atomic E-state index is 0.0225. The van der Waals surface area contributed by atoms with Crippen LogP contribution in [0.2, 0.25) is 0 Å². The first-order chi connectivity index (χ1) is 12.2. The van der Waals surface area contributed by atoms with Gasteiger partial charge < -0.3 is 19.6 Å². The Morgan fingerprint density at radius 2 is 2.04 bits per heavy atom. The maximum Gasteiger partial charge on any atom is 0.125 e. The number of ether oxygens (including phenoxy) is 1. The SMILES string of the molecule is CCc1ccc(CNc2cc(-c3cccc(OC)c3)nn2CCO)o1. The quantitative estimate of drug-likeness (QED) is 0.657. The molecule has 0 spiro atoms. The zero-order chi connectivity index (χ0) is 17.6. The van der Waals surface area contributed by atoms with Crippen molar-refractivity contribution in [2.75, 3.05) is 19.0 Å². The number of rotatable bonds is 8. The Morgan fingerprint density at radius 3 is 2.76 bits per heavy atom. The highest BCUT2D eigenvalue weighted by Crippen LogP contribution is 2.25. The normalized spacial score (nSPS) is 10.8. The zero-order valence-electron chi connectivity index (χ0n) is 14.5. The number of benzene rings is 1. The molecule has 0 radical (unpaired) electrons. The summed E-state index contributed by atoms with van der Waals surface area (Å²) in [5.41, 5.74) is 1.79. The fourth-order valence-corrected chi connectivity index (χ4v) is 2.63. The fourth-order valence-electron chi connectivity index (χ4n) is 2.63. The molecule has 0 bridgehead atoms. The number of aliphatic hydroxyl groups is 1. The topological polar surface area (TPSA) is 72.5 Å². The van der Waals surface area contributed by atoms with Gasteiger partial charge in [0.1, 0.15) is 23.1 Å². The molecule has 3 aromatic rings. The molecule has 6 heteroatoms. The first kappa shape index (κ1) is 17.1. The van der Waals surface area contributed by atoms with Crippen molar-refractivity contribution in [3.05, 3.63) is 54.0 Å². The van der Waals surface area contributed by atoms with Gasteiger partial charge in [0, 0.05) is 18.1 Å². The minimum absolute atomic E-state index is 0.0225. The van der Waals surface area contributed by atoms with Gasteiger partial charge in [0.2, 0.25) is 0 Å². The lowest BCUT2D eigenvalue weighted by atomic mass is 10.1. The van der Waals surface area contributed by atoms with Gasteiger partial charge in [-0.2, -0.15) is 5.10 Å². The van der Waals surface area contributed by atoms with E-state index < -0.39 is 0 Å². The van der Waals surface area contributed by atoms with Gasteiger partial charge >= 0.3 is 0 Å². The number of anilines is 1. The van der Waals surface area contributed by atoms with Crippen molar-refractivity contribution in [1.29, 1.82) is 0 Å². The first-order valence-corrected chi connectivity index (χ1v) is 8.38. The molecule has 0 saturated heterocycles. The summed E-state index contributed by atoms with van der Waals surface area (Å²) in [5.74, 6) is 3.46. The predicted molar refractivity (Wildman–Crippen MR) is 96.7 cm³/mol. The van der Waals surface area contributed by atoms with Crippen LogP contribution in [0, 0.1) is 0 Å². The summed E-state index contributed by atoms with van der Waals surface area (Å²) in [4.78, 5) is 0. The van der Waals surface area contributed by atoms with Crippen molar-refractivity contribution < 1.29 is 14.3 Å². The average molecular weight is 341 g/mol. The zero-order valence-corrected chi connectivity index (χ0v) is 14.5. The third-order valence-corrected chi connectivity index (χ3v) is 3.97. The second kappa shape index (κ2) is 7.90. The van der Waals surface area contributed by atoms with E-state index in [0.29, 0.717) is 13.1 Å². The standard InChI is InChI=1S/C19H23N3O3/c1-3-15-7-8-17(25-15)13-20-19-12-18(21-22(19)9-10-23)14-5-4-6-16(11-14)24-2/h4-8,11-12,20,23H,3,9-10,13H2,1-2H3. The van der Waals surface area contributed by atoms with Crippen LogP contribution in [0.1, 0.15) is 18.4 Å². The van der Waals surface area contributed by atoms with Crippen LogP contribution in [0.3, 0.4) is 0 Å². The Hall–Kier alpha value is -2.73. The number of aromatic nitrogens is 2. The maximum absolute atomic E-state index is 9.30. The minimum Gasteiger partial charge on any atom is -0.497 e. The van der Waals surface area contributed by atoms with Gasteiger partial charge in [-0.3, -0.25) is 0 Å². The molecule has 1 aromatic carbocycles. The summed E-state index contributed by atoms with van der Waals surface area (Å²) in [5, 5.41) is 17.2. The van der Waals surface area contributed by atoms with Crippen molar-refractivity contribution in [2.45, 2.75) is 26.4 Å². The number of furan rings is 1. The molecular weight excluding hydrogens is 318 g/mol. The molecule has 0 atom stereocenters. The van der Waals surface area contributed by atoms with Crippen LogP contribution in [-0.2, 0) is 19.5 Å². The van der Waals surface area contributed by atoms with Crippen LogP contribution in [0.25, 0.3) is 11.3 Å². The molecule has 25 heavy (non-hydrogen) atoms. The van der Waals surface area contributed by atoms with Crippen LogP contribution in [0.15, 0.2) is 46.9 Å². The molecule has 2 aromatic heterocycles. The second-order valence-electron chi connectivity index (χ2n) is 5.67. The number of methoxy groups -OCH3 is 1. The molecule has 2 N–H and O–H groups in total. The lowest BCUT2D eigenvalue weighted by molar-refractivity contribution is 0.270. The number of hydrogen-bond acceptors (Lipinski definition) is 5. The number of nitrogens with zero attached hydrogens (tertiary/aromatic N) is 2. The highest BCUT2D eigenvalue weighted by Gasteiger charge is 2.11. The Kier molecular flexibility index (Phi) is 5.40. The van der Waals surface area contributed by atoms with E-state index >= 15 is 0 Å². The van der Waals surface area contributed by atoms with E-state index in [4.69, 9.17) is 9.15 Å². The number of nitrogens with one attached hydrogen (secondary N) is 1. The number of aryl methyl sites for hydroxylation is 1. The Bertz CT molecular complexity index is 823. The molecule has 0 aliphatic heterocycles. The molecular formula is C19H23N3O3. The predicted octanol–water partition coefficient (Wildman–Crippen LogP) is 3.32. The summed E-state index contributed by atoms with van der Waals surface area (Å²) < 4.78 is 12.8. The van der Waals surface area contributed by atoms with Crippen molar-refractivity contribution in [3.8, 4) is 17.0 Å². The van der Waals surface area contributed by atoms with Crippen molar-refractivity contribution in [3.63, 3.8) is 0 Å². The Labute approximate surface area is 147 Å². The monoisotopic (exact) mass is 341 g/mol. The van der Waals surface area contributed by atoms with E-state index in [1.54, 1.807) is 11.8 Å². The molecule has 2 heterocycles. The van der Waals surface area contributed by atoms with Crippen LogP contribution < -0.4 is 10.1 Å². The van der Waals surface area contributed by atoms with Crippen LogP contribution in [-0.4, -0.2) is 28.6 Å². The van der Waals surface area contributed by atoms with Gasteiger partial charge in [-0.05, 0) is 24.3 Å². The molecule has 0 amide bonds. The van der Waals surface area contributed by atoms with Crippen LogP contribution in [0.4, 0.5) is 5.82 Å². The third-order valence-electron chi connectivity index (χ3n) is 3.97. The van der Waals surface area contributed by atoms with E-state index in [2.05, 4.69) is 17.3 Å². The van der Waals surface area contributed by atoms with Crippen molar-refractivity contribution >= 4 is 5.82 Å². The highest BCUT2D eigenvalue weighted by atomic mass is 16.5. The molecule has 132 valence electrons. The second-order valence-corrected chi connectivity index (χ2v) is 5.67. The first-order valence-electron chi connectivity index (χ1n) is 8.38.